The number of aliphatic imine (C=N–C) groups is 1. The molecule has 5 nitrogen and oxygen atoms in total. The molecule has 1 aromatic carbocycles. The van der Waals surface area contributed by atoms with Gasteiger partial charge in [-0.25, -0.2) is 4.98 Å². The fraction of sp³-hybridized carbons (Fsp3) is 0.500. The minimum absolute atomic E-state index is 0. The lowest BCUT2D eigenvalue weighted by Crippen LogP contribution is -2.38. The second-order valence-electron chi connectivity index (χ2n) is 6.09. The van der Waals surface area contributed by atoms with Crippen molar-refractivity contribution in [3.8, 4) is 5.75 Å². The number of ether oxygens (including phenoxy) is 1. The van der Waals surface area contributed by atoms with E-state index in [9.17, 15) is 0 Å². The summed E-state index contributed by atoms with van der Waals surface area (Å²) in [6.07, 6.45) is 2.76. The van der Waals surface area contributed by atoms with Crippen LogP contribution in [0.25, 0.3) is 0 Å². The van der Waals surface area contributed by atoms with Gasteiger partial charge in [-0.2, -0.15) is 0 Å². The number of thiazole rings is 1. The molecule has 2 rings (SSSR count). The van der Waals surface area contributed by atoms with Crippen LogP contribution >= 0.6 is 35.3 Å². The molecule has 0 aliphatic heterocycles. The smallest absolute Gasteiger partial charge is 0.191 e. The summed E-state index contributed by atoms with van der Waals surface area (Å²) in [6, 6.07) is 6.28. The van der Waals surface area contributed by atoms with Gasteiger partial charge in [-0.15, -0.1) is 35.3 Å². The van der Waals surface area contributed by atoms with Crippen LogP contribution in [0.3, 0.4) is 0 Å². The van der Waals surface area contributed by atoms with Crippen molar-refractivity contribution in [3.05, 3.63) is 45.4 Å². The molecule has 27 heavy (non-hydrogen) atoms. The Balaban J connectivity index is 0.00000364. The molecule has 0 spiro atoms. The molecule has 150 valence electrons. The zero-order chi connectivity index (χ0) is 18.8. The lowest BCUT2D eigenvalue weighted by molar-refractivity contribution is 0.409. The highest BCUT2D eigenvalue weighted by atomic mass is 127. The number of aryl methyl sites for hydroxylation is 2. The van der Waals surface area contributed by atoms with Gasteiger partial charge >= 0.3 is 0 Å². The van der Waals surface area contributed by atoms with Crippen molar-refractivity contribution in [1.29, 1.82) is 0 Å². The molecule has 0 aliphatic rings. The number of methoxy groups -OCH3 is 1. The first-order valence-corrected chi connectivity index (χ1v) is 10.1. The number of nitrogens with zero attached hydrogens (tertiary/aromatic N) is 2. The van der Waals surface area contributed by atoms with Crippen molar-refractivity contribution in [2.45, 2.75) is 40.0 Å². The van der Waals surface area contributed by atoms with Crippen LogP contribution in [0.4, 0.5) is 0 Å². The molecule has 0 fully saturated rings. The standard InChI is InChI=1S/C20H30N4OS.HI/c1-5-19-24-17(14-26-19)10-12-23-20(21-6-2)22-11-9-16-13-15(3)7-8-18(16)25-4;/h7-8,13-14H,5-6,9-12H2,1-4H3,(H2,21,22,23);1H. The van der Waals surface area contributed by atoms with Gasteiger partial charge < -0.3 is 15.4 Å². The first-order chi connectivity index (χ1) is 12.7. The van der Waals surface area contributed by atoms with Crippen LogP contribution in [0.2, 0.25) is 0 Å². The average molecular weight is 502 g/mol. The minimum atomic E-state index is 0. The third-order valence-corrected chi connectivity index (χ3v) is 5.05. The molecule has 0 unspecified atom stereocenters. The summed E-state index contributed by atoms with van der Waals surface area (Å²) in [5.74, 6) is 1.79. The highest BCUT2D eigenvalue weighted by molar-refractivity contribution is 14.0. The zero-order valence-corrected chi connectivity index (χ0v) is 19.8. The molecule has 2 N–H and O–H groups in total. The van der Waals surface area contributed by atoms with Gasteiger partial charge in [0.05, 0.1) is 17.8 Å². The topological polar surface area (TPSA) is 58.5 Å². The SMILES string of the molecule is CCNC(=NCCc1csc(CC)n1)NCCc1cc(C)ccc1OC.I. The van der Waals surface area contributed by atoms with Crippen LogP contribution in [0.1, 0.15) is 35.7 Å². The van der Waals surface area contributed by atoms with Gasteiger partial charge in [-0.1, -0.05) is 24.6 Å². The number of nitrogens with one attached hydrogen (secondary N) is 2. The monoisotopic (exact) mass is 502 g/mol. The predicted molar refractivity (Wildman–Crippen MR) is 126 cm³/mol. The number of hydrogen-bond acceptors (Lipinski definition) is 4. The zero-order valence-electron chi connectivity index (χ0n) is 16.7. The van der Waals surface area contributed by atoms with Crippen molar-refractivity contribution < 1.29 is 4.74 Å². The Morgan fingerprint density at radius 1 is 1.22 bits per heavy atom. The molecule has 1 aromatic heterocycles. The van der Waals surface area contributed by atoms with Crippen LogP contribution in [0.15, 0.2) is 28.6 Å². The Morgan fingerprint density at radius 2 is 2.04 bits per heavy atom. The summed E-state index contributed by atoms with van der Waals surface area (Å²) in [5.41, 5.74) is 3.59. The van der Waals surface area contributed by atoms with E-state index in [0.717, 1.165) is 56.3 Å². The second-order valence-corrected chi connectivity index (χ2v) is 7.03. The lowest BCUT2D eigenvalue weighted by atomic mass is 10.1. The Morgan fingerprint density at radius 3 is 2.70 bits per heavy atom. The fourth-order valence-corrected chi connectivity index (χ4v) is 3.45. The van der Waals surface area contributed by atoms with Gasteiger partial charge in [-0.05, 0) is 38.3 Å². The van der Waals surface area contributed by atoms with E-state index < -0.39 is 0 Å². The van der Waals surface area contributed by atoms with Crippen molar-refractivity contribution in [3.63, 3.8) is 0 Å². The minimum Gasteiger partial charge on any atom is -0.496 e. The molecule has 0 bridgehead atoms. The molecular formula is C20H31IN4OS. The van der Waals surface area contributed by atoms with Gasteiger partial charge in [-0.3, -0.25) is 4.99 Å². The van der Waals surface area contributed by atoms with Crippen molar-refractivity contribution >= 4 is 41.3 Å². The van der Waals surface area contributed by atoms with Gasteiger partial charge in [0.2, 0.25) is 0 Å². The molecule has 0 saturated heterocycles. The molecule has 0 amide bonds. The molecule has 0 saturated carbocycles. The maximum Gasteiger partial charge on any atom is 0.191 e. The summed E-state index contributed by atoms with van der Waals surface area (Å²) in [4.78, 5) is 9.26. The fourth-order valence-electron chi connectivity index (χ4n) is 2.67. The van der Waals surface area contributed by atoms with Gasteiger partial charge in [0.1, 0.15) is 5.75 Å². The van der Waals surface area contributed by atoms with Crippen LogP contribution in [-0.4, -0.2) is 37.7 Å². The summed E-state index contributed by atoms with van der Waals surface area (Å²) < 4.78 is 5.45. The Labute approximate surface area is 184 Å². The van der Waals surface area contributed by atoms with Crippen molar-refractivity contribution in [2.75, 3.05) is 26.7 Å². The van der Waals surface area contributed by atoms with E-state index in [1.54, 1.807) is 18.4 Å². The highest BCUT2D eigenvalue weighted by Crippen LogP contribution is 2.19. The Kier molecular flexibility index (Phi) is 11.3. The number of guanidine groups is 1. The summed E-state index contributed by atoms with van der Waals surface area (Å²) >= 11 is 1.73. The number of halogens is 1. The third-order valence-electron chi connectivity index (χ3n) is 4.01. The lowest BCUT2D eigenvalue weighted by Gasteiger charge is -2.13. The first kappa shape index (κ1) is 23.7. The maximum absolute atomic E-state index is 5.45. The van der Waals surface area contributed by atoms with Crippen molar-refractivity contribution in [1.82, 2.24) is 15.6 Å². The molecule has 0 radical (unpaired) electrons. The molecule has 1 heterocycles. The first-order valence-electron chi connectivity index (χ1n) is 9.25. The Bertz CT molecular complexity index is 718. The number of benzene rings is 1. The molecule has 0 atom stereocenters. The van der Waals surface area contributed by atoms with Crippen LogP contribution in [-0.2, 0) is 19.3 Å². The number of rotatable bonds is 9. The molecule has 2 aromatic rings. The van der Waals surface area contributed by atoms with Crippen LogP contribution in [0, 0.1) is 6.92 Å². The predicted octanol–water partition coefficient (Wildman–Crippen LogP) is 3.98. The van der Waals surface area contributed by atoms with E-state index in [-0.39, 0.29) is 24.0 Å². The van der Waals surface area contributed by atoms with Crippen molar-refractivity contribution in [2.24, 2.45) is 4.99 Å². The third kappa shape index (κ3) is 8.04. The summed E-state index contributed by atoms with van der Waals surface area (Å²) in [6.45, 7) is 8.70. The molecular weight excluding hydrogens is 471 g/mol. The summed E-state index contributed by atoms with van der Waals surface area (Å²) in [7, 11) is 1.72. The van der Waals surface area contributed by atoms with E-state index in [4.69, 9.17) is 4.74 Å². The van der Waals surface area contributed by atoms with E-state index >= 15 is 0 Å². The number of hydrogen-bond donors (Lipinski definition) is 2. The summed E-state index contributed by atoms with van der Waals surface area (Å²) in [5, 5.41) is 10.0. The molecule has 0 aliphatic carbocycles. The van der Waals surface area contributed by atoms with Crippen LogP contribution < -0.4 is 15.4 Å². The van der Waals surface area contributed by atoms with Gasteiger partial charge in [0.15, 0.2) is 5.96 Å². The number of aromatic nitrogens is 1. The van der Waals surface area contributed by atoms with E-state index in [2.05, 4.69) is 58.9 Å². The normalized spacial score (nSPS) is 11.0. The highest BCUT2D eigenvalue weighted by Gasteiger charge is 2.05. The van der Waals surface area contributed by atoms with Crippen LogP contribution in [0.5, 0.6) is 5.75 Å². The van der Waals surface area contributed by atoms with E-state index in [1.807, 2.05) is 6.07 Å². The maximum atomic E-state index is 5.45. The molecule has 7 heteroatoms. The van der Waals surface area contributed by atoms with E-state index in [1.165, 1.54) is 16.1 Å². The quantitative estimate of drug-likeness (QED) is 0.310. The van der Waals surface area contributed by atoms with E-state index in [0.29, 0.717) is 0 Å². The van der Waals surface area contributed by atoms with Gasteiger partial charge in [0.25, 0.3) is 0 Å². The largest absolute Gasteiger partial charge is 0.496 e. The second kappa shape index (κ2) is 12.9. The average Bonchev–Trinajstić information content (AvgIpc) is 3.10. The van der Waals surface area contributed by atoms with Gasteiger partial charge in [0, 0.05) is 31.4 Å². The Hall–Kier alpha value is -1.35.